The topological polar surface area (TPSA) is 373 Å². The molecule has 74 heavy (non-hydrogen) atoms. The zero-order valence-electron chi connectivity index (χ0n) is 39.2. The molecule has 3 unspecified atom stereocenters. The number of aromatic amines is 1. The van der Waals surface area contributed by atoms with Crippen molar-refractivity contribution >= 4 is 76.9 Å². The normalized spacial score (nSPS) is 19.9. The highest BCUT2D eigenvalue weighted by molar-refractivity contribution is 7.66. The molecule has 1 aromatic carbocycles. The number of nitrogens with zero attached hydrogens (tertiary/aromatic N) is 5. The van der Waals surface area contributed by atoms with Crippen LogP contribution in [0.2, 0.25) is 0 Å². The number of H-pyrrole nitrogens is 1. The van der Waals surface area contributed by atoms with Crippen molar-refractivity contribution in [2.75, 3.05) is 25.5 Å². The highest BCUT2D eigenvalue weighted by Gasteiger charge is 2.52. The molecule has 6 atom stereocenters. The maximum Gasteiger partial charge on any atom is 0.737 e. The third-order valence-electron chi connectivity index (χ3n) is 11.5. The Morgan fingerprint density at radius 3 is 2.61 bits per heavy atom. The molecule has 1 fully saturated rings. The van der Waals surface area contributed by atoms with E-state index in [0.29, 0.717) is 22.6 Å². The Morgan fingerprint density at radius 2 is 1.91 bits per heavy atom. The van der Waals surface area contributed by atoms with Crippen molar-refractivity contribution in [3.63, 3.8) is 0 Å². The number of amides is 2. The van der Waals surface area contributed by atoms with Gasteiger partial charge in [-0.2, -0.15) is 13.6 Å². The first-order chi connectivity index (χ1) is 34.7. The van der Waals surface area contributed by atoms with Crippen LogP contribution in [0.1, 0.15) is 72.2 Å². The number of rotatable bonds is 20. The molecule has 4 aromatic rings. The molecule has 0 saturated carbocycles. The smallest absolute Gasteiger partial charge is 0.441 e. The number of alkyl carbamates (subject to hydrolysis) is 1. The molecular weight excluding hydrogens is 1050 g/mol. The number of nitro groups is 1. The Morgan fingerprint density at radius 1 is 1.16 bits per heavy atom. The fraction of sp³-hybridized carbons (Fsp3) is 0.341. The predicted molar refractivity (Wildman–Crippen MR) is 257 cm³/mol. The molecule has 0 bridgehead atoms. The van der Waals surface area contributed by atoms with Crippen molar-refractivity contribution in [2.24, 2.45) is 0 Å². The summed E-state index contributed by atoms with van der Waals surface area (Å²) in [5.41, 5.74) is 7.26. The van der Waals surface area contributed by atoms with Gasteiger partial charge in [-0.05, 0) is 49.7 Å². The Bertz CT molecular complexity index is 3320. The number of ether oxygens (including phenoxy) is 3. The molecular formula is C41H47BF2N9O18P3. The lowest BCUT2D eigenvalue weighted by atomic mass is 9.90. The summed E-state index contributed by atoms with van der Waals surface area (Å²) in [4.78, 5) is 94.1. The Labute approximate surface area is 417 Å². The highest BCUT2D eigenvalue weighted by Crippen LogP contribution is 2.66. The van der Waals surface area contributed by atoms with E-state index in [-0.39, 0.29) is 78.5 Å². The largest absolute Gasteiger partial charge is 0.737 e. The number of carbonyl (C=O) groups excluding carboxylic acids is 2. The molecule has 9 N–H and O–H groups in total. The lowest BCUT2D eigenvalue weighted by Gasteiger charge is -2.30. The zero-order valence-corrected chi connectivity index (χ0v) is 41.8. The van der Waals surface area contributed by atoms with Crippen LogP contribution in [-0.4, -0.2) is 105 Å². The van der Waals surface area contributed by atoms with E-state index in [1.165, 1.54) is 42.0 Å². The van der Waals surface area contributed by atoms with Crippen molar-refractivity contribution in [1.29, 1.82) is 0 Å². The number of aromatic nitrogens is 4. The molecule has 3 aromatic heterocycles. The van der Waals surface area contributed by atoms with E-state index in [2.05, 4.69) is 47.6 Å². The van der Waals surface area contributed by atoms with Crippen molar-refractivity contribution in [1.82, 2.24) is 29.6 Å². The molecule has 1 saturated heterocycles. The third kappa shape index (κ3) is 12.7. The second kappa shape index (κ2) is 21.8. The molecule has 0 spiro atoms. The standard InChI is InChI=1S/C41H47BF2N9O18P3/c1-5-15-66-33-19-36(69-34(33)22-67-73(62,63)71-74(64,65)70-72(59,60)61)50-21-27(37-38(50)48-40(45)49-39(37)55)7-6-14-46-41(56)68-25(4)30-17-26(8-12-31(30)53(57)58)20-47-35(54)13-11-28-9-10-29-18-32-23(2)16-24(3)51(32)42(43,44)52(28)29/h5,8-10,12,16-18,21,25,33-34,36H,1,11,13-15,19-20,22H2,2-4H3,(H,46,56)(H,47,54)(H,62,63)(H,64,65)(H2,59,60,61)(H3,45,48,49,55)/t25?,33-,34+,36+/m0/s1. The van der Waals surface area contributed by atoms with Crippen LogP contribution in [0.5, 0.6) is 0 Å². The molecule has 33 heteroatoms. The van der Waals surface area contributed by atoms with Gasteiger partial charge in [0.15, 0.2) is 11.3 Å². The Kier molecular flexibility index (Phi) is 16.3. The first-order valence-corrected chi connectivity index (χ1v) is 26.5. The minimum absolute atomic E-state index is 0.000206. The van der Waals surface area contributed by atoms with E-state index in [0.717, 1.165) is 14.5 Å². The molecule has 27 nitrogen and oxygen atoms in total. The third-order valence-corrected chi connectivity index (χ3v) is 15.3. The molecule has 396 valence electrons. The quantitative estimate of drug-likeness (QED) is 0.0152. The molecule has 2 amide bonds. The van der Waals surface area contributed by atoms with Crippen molar-refractivity contribution in [2.45, 2.75) is 71.1 Å². The summed E-state index contributed by atoms with van der Waals surface area (Å²) < 4.78 is 99.7. The van der Waals surface area contributed by atoms with E-state index in [1.807, 2.05) is 0 Å². The lowest BCUT2D eigenvalue weighted by molar-refractivity contribution is -0.386. The SMILES string of the molecule is C=CCO[C@H]1C[C@H](n2cc(C#CCNC(=O)OC(C)c3cc(CNC(=O)CCC4=[N+]5C(=Cc6c(C)cc(C)n6[B-]5(F)F)C=C4)ccc3[N+](=O)[O-])c3c(=O)[nH]c(N)nc32)O[C@@H]1COP(=O)(O)OP(=O)(O)OP(=O)(O)O. The van der Waals surface area contributed by atoms with E-state index in [9.17, 15) is 48.0 Å². The van der Waals surface area contributed by atoms with Crippen LogP contribution in [0, 0.1) is 35.8 Å². The molecule has 0 aliphatic carbocycles. The van der Waals surface area contributed by atoms with Crippen molar-refractivity contribution in [3.05, 3.63) is 115 Å². The van der Waals surface area contributed by atoms with Gasteiger partial charge in [0.2, 0.25) is 11.9 Å². The van der Waals surface area contributed by atoms with Gasteiger partial charge in [0.25, 0.3) is 11.2 Å². The first-order valence-electron chi connectivity index (χ1n) is 22.0. The van der Waals surface area contributed by atoms with E-state index in [1.54, 1.807) is 38.1 Å². The number of allylic oxidation sites excluding steroid dienone is 2. The average molecular weight is 1100 g/mol. The number of nitrogens with two attached hydrogens (primary N) is 1. The van der Waals surface area contributed by atoms with Gasteiger partial charge in [0.1, 0.15) is 24.1 Å². The van der Waals surface area contributed by atoms with Crippen LogP contribution in [0.15, 0.2) is 65.8 Å². The summed E-state index contributed by atoms with van der Waals surface area (Å²) in [6.07, 6.45) is 1.81. The highest BCUT2D eigenvalue weighted by atomic mass is 31.3. The minimum Gasteiger partial charge on any atom is -0.441 e. The maximum absolute atomic E-state index is 15.8. The number of phosphoric ester groups is 1. The lowest BCUT2D eigenvalue weighted by Crippen LogP contribution is -2.50. The average Bonchev–Trinajstić information content (AvgIpc) is 4.07. The number of hydrogen-bond acceptors (Lipinski definition) is 16. The Hall–Kier alpha value is -6.44. The molecule has 7 rings (SSSR count). The number of anilines is 1. The van der Waals surface area contributed by atoms with Crippen LogP contribution in [0.25, 0.3) is 17.1 Å². The second-order valence-electron chi connectivity index (χ2n) is 16.7. The monoisotopic (exact) mass is 1100 g/mol. The number of phosphoric acid groups is 3. The summed E-state index contributed by atoms with van der Waals surface area (Å²) in [6.45, 7) is 2.67. The van der Waals surface area contributed by atoms with Crippen LogP contribution < -0.4 is 21.9 Å². The van der Waals surface area contributed by atoms with Gasteiger partial charge < -0.3 is 72.3 Å². The minimum atomic E-state index is -5.82. The van der Waals surface area contributed by atoms with Crippen LogP contribution >= 0.6 is 23.5 Å². The van der Waals surface area contributed by atoms with Crippen LogP contribution in [0.3, 0.4) is 0 Å². The van der Waals surface area contributed by atoms with Gasteiger partial charge in [0.05, 0.1) is 47.3 Å². The predicted octanol–water partition coefficient (Wildman–Crippen LogP) is 4.37. The fourth-order valence-corrected chi connectivity index (χ4v) is 11.5. The second-order valence-corrected chi connectivity index (χ2v) is 21.1. The van der Waals surface area contributed by atoms with Crippen LogP contribution in [0.4, 0.5) is 25.1 Å². The van der Waals surface area contributed by atoms with Gasteiger partial charge in [0, 0.05) is 62.0 Å². The zero-order chi connectivity index (χ0) is 54.1. The summed E-state index contributed by atoms with van der Waals surface area (Å²) in [7, 11) is -17.0. The van der Waals surface area contributed by atoms with Gasteiger partial charge in [-0.1, -0.05) is 24.0 Å². The number of nitro benzene ring substituents is 1. The number of nitrogens with one attached hydrogen (secondary N) is 3. The summed E-state index contributed by atoms with van der Waals surface area (Å²) in [5.74, 6) is 4.62. The fourth-order valence-electron chi connectivity index (χ4n) is 8.50. The number of carbonyl (C=O) groups is 2. The van der Waals surface area contributed by atoms with Gasteiger partial charge >= 0.3 is 36.5 Å². The summed E-state index contributed by atoms with van der Waals surface area (Å²) in [5, 5.41) is 17.0. The van der Waals surface area contributed by atoms with E-state index in [4.69, 9.17) is 34.3 Å². The van der Waals surface area contributed by atoms with Gasteiger partial charge in [-0.3, -0.25) is 29.2 Å². The number of fused-ring (bicyclic) bond motifs is 3. The number of halogens is 2. The van der Waals surface area contributed by atoms with E-state index < -0.39 is 84.1 Å². The summed E-state index contributed by atoms with van der Waals surface area (Å²) in [6, 6.07) is 5.66. The molecule has 3 aliphatic heterocycles. The Balaban J connectivity index is 0.972. The molecule has 0 radical (unpaired) electrons. The van der Waals surface area contributed by atoms with Gasteiger partial charge in [-0.15, -0.1) is 6.58 Å². The number of nitrogen functional groups attached to an aromatic ring is 1. The summed E-state index contributed by atoms with van der Waals surface area (Å²) >= 11 is 0. The number of hydrogen-bond donors (Lipinski definition) is 8. The van der Waals surface area contributed by atoms with Gasteiger partial charge in [-0.25, -0.2) is 18.5 Å². The van der Waals surface area contributed by atoms with Crippen molar-refractivity contribution < 1.29 is 88.3 Å². The van der Waals surface area contributed by atoms with Crippen molar-refractivity contribution in [3.8, 4) is 11.8 Å². The van der Waals surface area contributed by atoms with E-state index >= 15 is 8.63 Å². The van der Waals surface area contributed by atoms with Crippen LogP contribution in [-0.2, 0) is 52.4 Å². The first kappa shape index (κ1) is 55.3. The maximum atomic E-state index is 15.8. The number of aryl methyl sites for hydroxylation is 2. The number of benzene rings is 1. The molecule has 3 aliphatic rings. The molecule has 6 heterocycles.